The Balaban J connectivity index is 1.38. The molecule has 2 nitrogen and oxygen atoms in total. The van der Waals surface area contributed by atoms with Crippen molar-refractivity contribution in [2.75, 3.05) is 10.6 Å². The molecule has 6 aromatic carbocycles. The number of anilines is 4. The Bertz CT molecular complexity index is 1810. The number of hydrogen-bond donors (Lipinski definition) is 2. The van der Waals surface area contributed by atoms with Gasteiger partial charge in [-0.1, -0.05) is 72.8 Å². The second-order valence-electron chi connectivity index (χ2n) is 9.25. The highest BCUT2D eigenvalue weighted by Gasteiger charge is 2.11. The number of nitrogens with one attached hydrogen (secondary N) is 2. The summed E-state index contributed by atoms with van der Waals surface area (Å²) in [6.45, 7) is 0. The Labute approximate surface area is 219 Å². The maximum Gasteiger partial charge on any atom is 0.0411 e. The molecule has 0 atom stereocenters. The van der Waals surface area contributed by atoms with Gasteiger partial charge in [0.2, 0.25) is 0 Å². The Morgan fingerprint density at radius 2 is 1.03 bits per heavy atom. The summed E-state index contributed by atoms with van der Waals surface area (Å²) in [4.78, 5) is 0. The van der Waals surface area contributed by atoms with Gasteiger partial charge in [-0.2, -0.15) is 0 Å². The lowest BCUT2D eigenvalue weighted by Gasteiger charge is -2.14. The Hall–Kier alpha value is -4.60. The summed E-state index contributed by atoms with van der Waals surface area (Å²) in [7, 11) is 0. The quantitative estimate of drug-likeness (QED) is 0.250. The van der Waals surface area contributed by atoms with Gasteiger partial charge in [0, 0.05) is 42.9 Å². The van der Waals surface area contributed by atoms with Crippen LogP contribution < -0.4 is 10.6 Å². The van der Waals surface area contributed by atoms with Crippen LogP contribution >= 0.6 is 11.3 Å². The molecule has 1 heterocycles. The third-order valence-electron chi connectivity index (χ3n) is 6.75. The van der Waals surface area contributed by atoms with Gasteiger partial charge in [0.15, 0.2) is 0 Å². The zero-order chi connectivity index (χ0) is 24.6. The van der Waals surface area contributed by atoms with Crippen molar-refractivity contribution in [2.45, 2.75) is 0 Å². The maximum absolute atomic E-state index is 3.59. The van der Waals surface area contributed by atoms with E-state index in [9.17, 15) is 0 Å². The van der Waals surface area contributed by atoms with Crippen LogP contribution in [0.25, 0.3) is 42.1 Å². The highest BCUT2D eigenvalue weighted by molar-refractivity contribution is 7.26. The summed E-state index contributed by atoms with van der Waals surface area (Å²) in [6, 6.07) is 47.3. The minimum Gasteiger partial charge on any atom is -0.355 e. The van der Waals surface area contributed by atoms with E-state index in [1.54, 1.807) is 0 Å². The predicted octanol–water partition coefficient (Wildman–Crippen LogP) is 10.4. The van der Waals surface area contributed by atoms with Crippen molar-refractivity contribution < 1.29 is 0 Å². The van der Waals surface area contributed by atoms with Gasteiger partial charge in [0.25, 0.3) is 0 Å². The predicted molar refractivity (Wildman–Crippen MR) is 162 cm³/mol. The highest BCUT2D eigenvalue weighted by Crippen LogP contribution is 2.41. The minimum atomic E-state index is 1.04. The number of hydrogen-bond acceptors (Lipinski definition) is 3. The molecular formula is C34H24N2S. The van der Waals surface area contributed by atoms with Gasteiger partial charge in [-0.15, -0.1) is 11.3 Å². The molecule has 37 heavy (non-hydrogen) atoms. The van der Waals surface area contributed by atoms with Crippen LogP contribution in [0.15, 0.2) is 133 Å². The summed E-state index contributed by atoms with van der Waals surface area (Å²) in [5.74, 6) is 0. The first kappa shape index (κ1) is 21.7. The van der Waals surface area contributed by atoms with Crippen LogP contribution in [0.1, 0.15) is 0 Å². The van der Waals surface area contributed by atoms with E-state index < -0.39 is 0 Å². The molecule has 0 aliphatic carbocycles. The molecule has 0 spiro atoms. The molecule has 176 valence electrons. The van der Waals surface area contributed by atoms with Crippen LogP contribution in [0.5, 0.6) is 0 Å². The van der Waals surface area contributed by atoms with Crippen LogP contribution in [0.3, 0.4) is 0 Å². The second-order valence-corrected chi connectivity index (χ2v) is 10.3. The smallest absolute Gasteiger partial charge is 0.0411 e. The fraction of sp³-hybridized carbons (Fsp3) is 0. The zero-order valence-electron chi connectivity index (χ0n) is 20.1. The maximum atomic E-state index is 3.59. The normalized spacial score (nSPS) is 11.2. The largest absolute Gasteiger partial charge is 0.355 e. The van der Waals surface area contributed by atoms with Gasteiger partial charge in [0.05, 0.1) is 0 Å². The summed E-state index contributed by atoms with van der Waals surface area (Å²) in [5, 5.41) is 12.4. The summed E-state index contributed by atoms with van der Waals surface area (Å²) >= 11 is 1.87. The molecule has 0 fully saturated rings. The third-order valence-corrected chi connectivity index (χ3v) is 7.89. The van der Waals surface area contributed by atoms with Crippen LogP contribution in [0.4, 0.5) is 22.7 Å². The minimum absolute atomic E-state index is 1.04. The van der Waals surface area contributed by atoms with Crippen LogP contribution in [0, 0.1) is 0 Å². The van der Waals surface area contributed by atoms with Gasteiger partial charge in [-0.3, -0.25) is 0 Å². The van der Waals surface area contributed by atoms with Gasteiger partial charge in [0.1, 0.15) is 0 Å². The first-order valence-corrected chi connectivity index (χ1v) is 13.3. The van der Waals surface area contributed by atoms with Crippen LogP contribution in [-0.2, 0) is 0 Å². The topological polar surface area (TPSA) is 24.1 Å². The van der Waals surface area contributed by atoms with E-state index in [0.29, 0.717) is 0 Å². The number of thiophene rings is 1. The molecule has 7 rings (SSSR count). The molecule has 1 aromatic heterocycles. The Morgan fingerprint density at radius 1 is 0.405 bits per heavy atom. The summed E-state index contributed by atoms with van der Waals surface area (Å²) < 4.78 is 2.65. The lowest BCUT2D eigenvalue weighted by Crippen LogP contribution is -1.95. The Kier molecular flexibility index (Phi) is 5.34. The molecule has 0 bridgehead atoms. The molecule has 0 aliphatic rings. The van der Waals surface area contributed by atoms with Crippen molar-refractivity contribution in [3.8, 4) is 11.1 Å². The number of benzene rings is 6. The zero-order valence-corrected chi connectivity index (χ0v) is 20.9. The van der Waals surface area contributed by atoms with Crippen molar-refractivity contribution in [2.24, 2.45) is 0 Å². The average molecular weight is 493 g/mol. The lowest BCUT2D eigenvalue weighted by molar-refractivity contribution is 1.51. The molecular weight excluding hydrogens is 468 g/mol. The van der Waals surface area contributed by atoms with Gasteiger partial charge < -0.3 is 10.6 Å². The van der Waals surface area contributed by atoms with Crippen LogP contribution in [-0.4, -0.2) is 0 Å². The number of fused-ring (bicyclic) bond motifs is 5. The molecule has 7 aromatic rings. The van der Waals surface area contributed by atoms with Gasteiger partial charge in [-0.05, 0) is 82.6 Å². The molecule has 3 heteroatoms. The molecule has 0 saturated heterocycles. The molecule has 0 aliphatic heterocycles. The average Bonchev–Trinajstić information content (AvgIpc) is 3.32. The second kappa shape index (κ2) is 9.12. The molecule has 2 N–H and O–H groups in total. The van der Waals surface area contributed by atoms with Gasteiger partial charge in [-0.25, -0.2) is 0 Å². The van der Waals surface area contributed by atoms with Crippen molar-refractivity contribution in [1.29, 1.82) is 0 Å². The SMILES string of the molecule is c1ccc(Nc2cc(Nc3ccccc3)cc(-c3ccc4sc5ccc6ccccc6c5c4c3)c2)cc1. The number of rotatable bonds is 5. The third kappa shape index (κ3) is 4.20. The summed E-state index contributed by atoms with van der Waals surface area (Å²) in [5.41, 5.74) is 6.59. The fourth-order valence-electron chi connectivity index (χ4n) is 5.04. The van der Waals surface area contributed by atoms with E-state index in [1.165, 1.54) is 42.1 Å². The Morgan fingerprint density at radius 3 is 1.73 bits per heavy atom. The molecule has 0 amide bonds. The summed E-state index contributed by atoms with van der Waals surface area (Å²) in [6.07, 6.45) is 0. The van der Waals surface area contributed by atoms with E-state index >= 15 is 0 Å². The van der Waals surface area contributed by atoms with Crippen molar-refractivity contribution in [1.82, 2.24) is 0 Å². The monoisotopic (exact) mass is 492 g/mol. The van der Waals surface area contributed by atoms with E-state index in [2.05, 4.69) is 132 Å². The van der Waals surface area contributed by atoms with Crippen molar-refractivity contribution in [3.05, 3.63) is 133 Å². The molecule has 0 saturated carbocycles. The first-order chi connectivity index (χ1) is 18.3. The first-order valence-electron chi connectivity index (χ1n) is 12.4. The van der Waals surface area contributed by atoms with Gasteiger partial charge >= 0.3 is 0 Å². The highest BCUT2D eigenvalue weighted by atomic mass is 32.1. The van der Waals surface area contributed by atoms with Crippen molar-refractivity contribution in [3.63, 3.8) is 0 Å². The van der Waals surface area contributed by atoms with E-state index in [-0.39, 0.29) is 0 Å². The molecule has 0 unspecified atom stereocenters. The lowest BCUT2D eigenvalue weighted by atomic mass is 9.99. The fourth-order valence-corrected chi connectivity index (χ4v) is 6.14. The van der Waals surface area contributed by atoms with E-state index in [0.717, 1.165) is 22.7 Å². The van der Waals surface area contributed by atoms with E-state index in [1.807, 2.05) is 23.5 Å². The number of para-hydroxylation sites is 2. The van der Waals surface area contributed by atoms with E-state index in [4.69, 9.17) is 0 Å². The molecule has 0 radical (unpaired) electrons. The van der Waals surface area contributed by atoms with Crippen molar-refractivity contribution >= 4 is 65.0 Å². The van der Waals surface area contributed by atoms with Crippen LogP contribution in [0.2, 0.25) is 0 Å². The standard InChI is InChI=1S/C34H24N2S/c1-3-10-26(11-4-1)35-28-19-25(20-29(22-28)36-27-12-5-2-6-13-27)24-16-17-32-31(21-24)34-30-14-8-7-9-23(30)15-18-33(34)37-32/h1-22,35-36H.